The van der Waals surface area contributed by atoms with E-state index in [2.05, 4.69) is 12.1 Å². The molecular weight excluding hydrogens is 354 g/mol. The number of aromatic nitrogens is 1. The third kappa shape index (κ3) is 2.30. The third-order valence-electron chi connectivity index (χ3n) is 5.13. The molecule has 0 aliphatic rings. The van der Waals surface area contributed by atoms with Gasteiger partial charge >= 0.3 is 0 Å². The second kappa shape index (κ2) is 5.69. The second-order valence-corrected chi connectivity index (χ2v) is 8.55. The normalized spacial score (nSPS) is 12.2. The summed E-state index contributed by atoms with van der Waals surface area (Å²) in [5.74, 6) is 0. The highest BCUT2D eigenvalue weighted by Crippen LogP contribution is 2.35. The van der Waals surface area contributed by atoms with Gasteiger partial charge in [0.2, 0.25) is 0 Å². The highest BCUT2D eigenvalue weighted by Gasteiger charge is 2.23. The summed E-state index contributed by atoms with van der Waals surface area (Å²) < 4.78 is 28.5. The molecule has 0 fully saturated rings. The summed E-state index contributed by atoms with van der Waals surface area (Å²) in [6.07, 6.45) is 0. The van der Waals surface area contributed by atoms with Gasteiger partial charge in [-0.2, -0.15) is 0 Å². The van der Waals surface area contributed by atoms with Crippen LogP contribution in [0.5, 0.6) is 0 Å². The van der Waals surface area contributed by atoms with E-state index in [1.165, 1.54) is 3.97 Å². The molecule has 4 aromatic carbocycles. The van der Waals surface area contributed by atoms with Crippen molar-refractivity contribution in [3.8, 4) is 0 Å². The maximum Gasteiger partial charge on any atom is 0.268 e. The van der Waals surface area contributed by atoms with Crippen molar-refractivity contribution < 1.29 is 8.42 Å². The van der Waals surface area contributed by atoms with Crippen LogP contribution in [-0.4, -0.2) is 12.4 Å². The number of hydrogen-bond donors (Lipinski definition) is 0. The van der Waals surface area contributed by atoms with E-state index in [-0.39, 0.29) is 4.90 Å². The van der Waals surface area contributed by atoms with Gasteiger partial charge in [-0.15, -0.1) is 0 Å². The van der Waals surface area contributed by atoms with Crippen LogP contribution < -0.4 is 0 Å². The van der Waals surface area contributed by atoms with Crippen molar-refractivity contribution in [2.75, 3.05) is 0 Å². The van der Waals surface area contributed by atoms with Gasteiger partial charge in [-0.1, -0.05) is 54.6 Å². The van der Waals surface area contributed by atoms with Crippen LogP contribution >= 0.6 is 0 Å². The van der Waals surface area contributed by atoms with Crippen LogP contribution in [0.4, 0.5) is 0 Å². The molecule has 0 saturated carbocycles. The van der Waals surface area contributed by atoms with Crippen LogP contribution in [0, 0.1) is 6.92 Å². The fourth-order valence-corrected chi connectivity index (χ4v) is 5.36. The van der Waals surface area contributed by atoms with Crippen molar-refractivity contribution in [1.29, 1.82) is 0 Å². The Labute approximate surface area is 157 Å². The smallest absolute Gasteiger partial charge is 0.233 e. The van der Waals surface area contributed by atoms with Gasteiger partial charge in [0.1, 0.15) is 0 Å². The lowest BCUT2D eigenvalue weighted by atomic mass is 10.0. The Bertz CT molecular complexity index is 1430. The van der Waals surface area contributed by atoms with Crippen molar-refractivity contribution in [3.05, 3.63) is 90.5 Å². The van der Waals surface area contributed by atoms with Crippen LogP contribution in [-0.2, 0) is 10.0 Å². The molecule has 0 N–H and O–H groups in total. The first kappa shape index (κ1) is 16.1. The molecule has 5 rings (SSSR count). The summed E-state index contributed by atoms with van der Waals surface area (Å²) in [5.41, 5.74) is 2.54. The fourth-order valence-electron chi connectivity index (χ4n) is 3.82. The van der Waals surface area contributed by atoms with E-state index in [0.717, 1.165) is 27.1 Å². The van der Waals surface area contributed by atoms with Gasteiger partial charge in [0.05, 0.1) is 15.9 Å². The molecule has 0 saturated heterocycles. The zero-order valence-corrected chi connectivity index (χ0v) is 15.6. The van der Waals surface area contributed by atoms with Gasteiger partial charge < -0.3 is 0 Å². The van der Waals surface area contributed by atoms with Crippen molar-refractivity contribution in [2.24, 2.45) is 0 Å². The summed E-state index contributed by atoms with van der Waals surface area (Å²) in [5, 5.41) is 4.07. The lowest BCUT2D eigenvalue weighted by Gasteiger charge is -2.10. The first-order valence-corrected chi connectivity index (χ1v) is 10.2. The number of fused-ring (bicyclic) bond motifs is 4. The minimum Gasteiger partial charge on any atom is -0.233 e. The van der Waals surface area contributed by atoms with E-state index >= 15 is 0 Å². The first-order chi connectivity index (χ1) is 13.1. The largest absolute Gasteiger partial charge is 0.268 e. The monoisotopic (exact) mass is 371 g/mol. The Morgan fingerprint density at radius 2 is 1.41 bits per heavy atom. The van der Waals surface area contributed by atoms with Crippen molar-refractivity contribution >= 4 is 42.6 Å². The Morgan fingerprint density at radius 1 is 0.667 bits per heavy atom. The standard InChI is InChI=1S/C23H17NO2S/c1-16-8-7-9-17-14-21-19-12-5-6-13-22(19)24(23(21)15-20(16)17)27(25,26)18-10-3-2-4-11-18/h2-15H,1H3. The molecule has 0 spiro atoms. The molecule has 1 heterocycles. The van der Waals surface area contributed by atoms with Gasteiger partial charge in [-0.05, 0) is 53.6 Å². The molecule has 0 unspecified atom stereocenters. The molecule has 27 heavy (non-hydrogen) atoms. The Morgan fingerprint density at radius 3 is 2.22 bits per heavy atom. The Kier molecular flexibility index (Phi) is 3.39. The van der Waals surface area contributed by atoms with E-state index in [1.54, 1.807) is 24.3 Å². The summed E-state index contributed by atoms with van der Waals surface area (Å²) >= 11 is 0. The minimum atomic E-state index is -3.71. The molecule has 0 radical (unpaired) electrons. The Hall–Kier alpha value is -3.11. The van der Waals surface area contributed by atoms with E-state index in [0.29, 0.717) is 11.0 Å². The Balaban J connectivity index is 2.00. The van der Waals surface area contributed by atoms with Crippen molar-refractivity contribution in [1.82, 2.24) is 3.97 Å². The molecular formula is C23H17NO2S. The van der Waals surface area contributed by atoms with Gasteiger partial charge in [-0.25, -0.2) is 12.4 Å². The predicted octanol–water partition coefficient (Wildman–Crippen LogP) is 5.49. The minimum absolute atomic E-state index is 0.289. The highest BCUT2D eigenvalue weighted by molar-refractivity contribution is 7.90. The maximum atomic E-state index is 13.5. The van der Waals surface area contributed by atoms with E-state index < -0.39 is 10.0 Å². The number of benzene rings is 4. The number of nitrogens with zero attached hydrogens (tertiary/aromatic N) is 1. The average molecular weight is 371 g/mol. The summed E-state index contributed by atoms with van der Waals surface area (Å²) in [4.78, 5) is 0.289. The summed E-state index contributed by atoms with van der Waals surface area (Å²) in [6.45, 7) is 2.05. The zero-order valence-electron chi connectivity index (χ0n) is 14.8. The van der Waals surface area contributed by atoms with E-state index in [9.17, 15) is 8.42 Å². The van der Waals surface area contributed by atoms with Crippen LogP contribution in [0.2, 0.25) is 0 Å². The predicted molar refractivity (Wildman–Crippen MR) is 111 cm³/mol. The third-order valence-corrected chi connectivity index (χ3v) is 6.87. The molecule has 1 aromatic heterocycles. The van der Waals surface area contributed by atoms with Crippen LogP contribution in [0.3, 0.4) is 0 Å². The lowest BCUT2D eigenvalue weighted by molar-refractivity contribution is 0.590. The average Bonchev–Trinajstić information content (AvgIpc) is 3.02. The van der Waals surface area contributed by atoms with Crippen molar-refractivity contribution in [2.45, 2.75) is 11.8 Å². The molecule has 0 amide bonds. The van der Waals surface area contributed by atoms with E-state index in [1.807, 2.05) is 55.5 Å². The zero-order chi connectivity index (χ0) is 18.6. The number of hydrogen-bond acceptors (Lipinski definition) is 2. The van der Waals surface area contributed by atoms with E-state index in [4.69, 9.17) is 0 Å². The molecule has 0 atom stereocenters. The van der Waals surface area contributed by atoms with Gasteiger partial charge in [0, 0.05) is 10.8 Å². The SMILES string of the molecule is Cc1cccc2cc3c4ccccc4n(S(=O)(=O)c4ccccc4)c3cc12. The fraction of sp³-hybridized carbons (Fsp3) is 0.0435. The topological polar surface area (TPSA) is 39.1 Å². The molecule has 0 bridgehead atoms. The quantitative estimate of drug-likeness (QED) is 0.411. The lowest BCUT2D eigenvalue weighted by Crippen LogP contribution is -2.12. The van der Waals surface area contributed by atoms with Crippen LogP contribution in [0.25, 0.3) is 32.6 Å². The summed E-state index contributed by atoms with van der Waals surface area (Å²) in [6, 6.07) is 26.5. The number of aryl methyl sites for hydroxylation is 1. The van der Waals surface area contributed by atoms with Gasteiger partial charge in [0.15, 0.2) is 0 Å². The number of rotatable bonds is 2. The van der Waals surface area contributed by atoms with Gasteiger partial charge in [0.25, 0.3) is 10.0 Å². The van der Waals surface area contributed by atoms with Crippen molar-refractivity contribution in [3.63, 3.8) is 0 Å². The molecule has 5 aromatic rings. The molecule has 3 nitrogen and oxygen atoms in total. The first-order valence-electron chi connectivity index (χ1n) is 8.80. The molecule has 0 aliphatic carbocycles. The number of para-hydroxylation sites is 1. The van der Waals surface area contributed by atoms with Gasteiger partial charge in [-0.3, -0.25) is 0 Å². The molecule has 4 heteroatoms. The second-order valence-electron chi connectivity index (χ2n) is 6.77. The molecule has 132 valence electrons. The maximum absolute atomic E-state index is 13.5. The molecule has 0 aliphatic heterocycles. The van der Waals surface area contributed by atoms with Crippen LogP contribution in [0.15, 0.2) is 89.8 Å². The van der Waals surface area contributed by atoms with Crippen LogP contribution in [0.1, 0.15) is 5.56 Å². The summed E-state index contributed by atoms with van der Waals surface area (Å²) in [7, 11) is -3.71. The highest BCUT2D eigenvalue weighted by atomic mass is 32.2.